The summed E-state index contributed by atoms with van der Waals surface area (Å²) in [5.74, 6) is 0. The number of carbonyl (C=O) groups is 1. The van der Waals surface area contributed by atoms with Crippen molar-refractivity contribution in [1.29, 1.82) is 0 Å². The van der Waals surface area contributed by atoms with Gasteiger partial charge in [0.05, 0.1) is 0 Å². The normalized spacial score (nSPS) is 19.3. The van der Waals surface area contributed by atoms with E-state index < -0.39 is 0 Å². The second-order valence-corrected chi connectivity index (χ2v) is 5.65. The molecule has 0 saturated carbocycles. The average molecular weight is 291 g/mol. The first kappa shape index (κ1) is 15.6. The Morgan fingerprint density at radius 1 is 1.43 bits per heavy atom. The van der Waals surface area contributed by atoms with E-state index in [-0.39, 0.29) is 24.7 Å². The van der Waals surface area contributed by atoms with Crippen molar-refractivity contribution in [2.45, 2.75) is 38.3 Å². The molecule has 5 heteroatoms. The summed E-state index contributed by atoms with van der Waals surface area (Å²) in [5.41, 5.74) is 1.21. The molecule has 5 nitrogen and oxygen atoms in total. The lowest BCUT2D eigenvalue weighted by molar-refractivity contribution is 0.231. The van der Waals surface area contributed by atoms with E-state index in [2.05, 4.69) is 27.7 Å². The molecule has 2 unspecified atom stereocenters. The first-order valence-corrected chi connectivity index (χ1v) is 7.67. The van der Waals surface area contributed by atoms with Gasteiger partial charge in [0.25, 0.3) is 0 Å². The van der Waals surface area contributed by atoms with Gasteiger partial charge in [0.2, 0.25) is 0 Å². The molecule has 1 heterocycles. The second kappa shape index (κ2) is 7.88. The molecule has 0 spiro atoms. The molecule has 1 aromatic rings. The van der Waals surface area contributed by atoms with Gasteiger partial charge >= 0.3 is 6.03 Å². The zero-order valence-electron chi connectivity index (χ0n) is 12.6. The van der Waals surface area contributed by atoms with Crippen molar-refractivity contribution < 1.29 is 9.90 Å². The number of amides is 2. The second-order valence-electron chi connectivity index (χ2n) is 5.65. The van der Waals surface area contributed by atoms with Crippen molar-refractivity contribution in [1.82, 2.24) is 10.6 Å². The van der Waals surface area contributed by atoms with Crippen molar-refractivity contribution >= 4 is 11.7 Å². The van der Waals surface area contributed by atoms with E-state index in [0.717, 1.165) is 25.9 Å². The number of carbonyl (C=O) groups excluding carboxylic acids is 1. The number of para-hydroxylation sites is 1. The maximum Gasteiger partial charge on any atom is 0.315 e. The Labute approximate surface area is 126 Å². The topological polar surface area (TPSA) is 64.6 Å². The number of hydrogen-bond acceptors (Lipinski definition) is 3. The van der Waals surface area contributed by atoms with Crippen LogP contribution in [0.1, 0.15) is 26.2 Å². The Balaban J connectivity index is 1.73. The van der Waals surface area contributed by atoms with Gasteiger partial charge in [-0.1, -0.05) is 18.2 Å². The summed E-state index contributed by atoms with van der Waals surface area (Å²) < 4.78 is 0. The minimum atomic E-state index is -0.111. The van der Waals surface area contributed by atoms with Crippen molar-refractivity contribution in [3.05, 3.63) is 30.3 Å². The van der Waals surface area contributed by atoms with E-state index >= 15 is 0 Å². The molecule has 1 aromatic carbocycles. The smallest absolute Gasteiger partial charge is 0.315 e. The fourth-order valence-corrected chi connectivity index (χ4v) is 2.67. The van der Waals surface area contributed by atoms with E-state index in [9.17, 15) is 4.79 Å². The van der Waals surface area contributed by atoms with E-state index in [1.165, 1.54) is 5.69 Å². The lowest BCUT2D eigenvalue weighted by Gasteiger charge is -2.20. The van der Waals surface area contributed by atoms with E-state index in [4.69, 9.17) is 5.11 Å². The molecule has 0 aliphatic carbocycles. The highest BCUT2D eigenvalue weighted by molar-refractivity contribution is 5.74. The highest BCUT2D eigenvalue weighted by atomic mass is 16.3. The summed E-state index contributed by atoms with van der Waals surface area (Å²) in [5, 5.41) is 14.7. The number of benzene rings is 1. The molecule has 1 saturated heterocycles. The van der Waals surface area contributed by atoms with Crippen LogP contribution in [0.5, 0.6) is 0 Å². The third kappa shape index (κ3) is 4.93. The molecule has 21 heavy (non-hydrogen) atoms. The predicted octanol–water partition coefficient (Wildman–Crippen LogP) is 1.73. The van der Waals surface area contributed by atoms with Gasteiger partial charge < -0.3 is 20.6 Å². The van der Waals surface area contributed by atoms with E-state index in [1.807, 2.05) is 25.1 Å². The number of hydrogen-bond donors (Lipinski definition) is 3. The van der Waals surface area contributed by atoms with Crippen molar-refractivity contribution in [3.63, 3.8) is 0 Å². The van der Waals surface area contributed by atoms with Gasteiger partial charge in [0.15, 0.2) is 0 Å². The number of nitrogens with zero attached hydrogens (tertiary/aromatic N) is 1. The Hall–Kier alpha value is -1.75. The minimum Gasteiger partial charge on any atom is -0.396 e. The Bertz CT molecular complexity index is 438. The van der Waals surface area contributed by atoms with Crippen LogP contribution in [0, 0.1) is 0 Å². The van der Waals surface area contributed by atoms with Crippen LogP contribution >= 0.6 is 0 Å². The molecular weight excluding hydrogens is 266 g/mol. The van der Waals surface area contributed by atoms with Crippen LogP contribution in [0.4, 0.5) is 10.5 Å². The summed E-state index contributed by atoms with van der Waals surface area (Å²) >= 11 is 0. The number of aliphatic hydroxyl groups is 1. The van der Waals surface area contributed by atoms with Gasteiger partial charge in [0, 0.05) is 37.5 Å². The van der Waals surface area contributed by atoms with Gasteiger partial charge in [-0.05, 0) is 38.3 Å². The minimum absolute atomic E-state index is 0.0868. The average Bonchev–Trinajstić information content (AvgIpc) is 2.94. The monoisotopic (exact) mass is 291 g/mol. The van der Waals surface area contributed by atoms with Crippen LogP contribution < -0.4 is 15.5 Å². The third-order valence-corrected chi connectivity index (χ3v) is 3.82. The van der Waals surface area contributed by atoms with Crippen molar-refractivity contribution in [2.24, 2.45) is 0 Å². The number of aliphatic hydroxyl groups excluding tert-OH is 1. The lowest BCUT2D eigenvalue weighted by atomic mass is 10.2. The largest absolute Gasteiger partial charge is 0.396 e. The molecule has 2 amide bonds. The molecule has 2 atom stereocenters. The fraction of sp³-hybridized carbons (Fsp3) is 0.562. The molecule has 1 aliphatic heterocycles. The molecule has 1 fully saturated rings. The molecule has 1 aliphatic rings. The van der Waals surface area contributed by atoms with Gasteiger partial charge in [-0.3, -0.25) is 0 Å². The molecule has 0 radical (unpaired) electrons. The van der Waals surface area contributed by atoms with Gasteiger partial charge in [-0.15, -0.1) is 0 Å². The molecule has 2 rings (SSSR count). The van der Waals surface area contributed by atoms with Crippen LogP contribution in [0.2, 0.25) is 0 Å². The number of urea groups is 1. The van der Waals surface area contributed by atoms with Crippen LogP contribution in [-0.4, -0.2) is 42.9 Å². The Morgan fingerprint density at radius 2 is 2.19 bits per heavy atom. The molecule has 116 valence electrons. The summed E-state index contributed by atoms with van der Waals surface area (Å²) in [7, 11) is 0. The third-order valence-electron chi connectivity index (χ3n) is 3.82. The van der Waals surface area contributed by atoms with Crippen LogP contribution in [-0.2, 0) is 0 Å². The number of anilines is 1. The Morgan fingerprint density at radius 3 is 2.90 bits per heavy atom. The zero-order chi connectivity index (χ0) is 15.1. The number of rotatable bonds is 6. The quantitative estimate of drug-likeness (QED) is 0.748. The standard InChI is InChI=1S/C16H25N3O2/c1-13(6-5-11-20)17-16(21)18-14-9-10-19(12-14)15-7-3-2-4-8-15/h2-4,7-8,13-14,20H,5-6,9-12H2,1H3,(H2,17,18,21). The first-order valence-electron chi connectivity index (χ1n) is 7.67. The number of nitrogens with one attached hydrogen (secondary N) is 2. The molecule has 3 N–H and O–H groups in total. The lowest BCUT2D eigenvalue weighted by Crippen LogP contribution is -2.46. The maximum atomic E-state index is 11.9. The van der Waals surface area contributed by atoms with Crippen LogP contribution in [0.25, 0.3) is 0 Å². The summed E-state index contributed by atoms with van der Waals surface area (Å²) in [6.45, 7) is 3.94. The van der Waals surface area contributed by atoms with Crippen molar-refractivity contribution in [3.8, 4) is 0 Å². The van der Waals surface area contributed by atoms with Crippen LogP contribution in [0.15, 0.2) is 30.3 Å². The van der Waals surface area contributed by atoms with Gasteiger partial charge in [-0.2, -0.15) is 0 Å². The van der Waals surface area contributed by atoms with E-state index in [1.54, 1.807) is 0 Å². The first-order chi connectivity index (χ1) is 10.2. The van der Waals surface area contributed by atoms with Gasteiger partial charge in [-0.25, -0.2) is 4.79 Å². The highest BCUT2D eigenvalue weighted by Crippen LogP contribution is 2.19. The maximum absolute atomic E-state index is 11.9. The summed E-state index contributed by atoms with van der Waals surface area (Å²) in [6.07, 6.45) is 2.48. The predicted molar refractivity (Wildman–Crippen MR) is 84.5 cm³/mol. The molecule has 0 aromatic heterocycles. The Kier molecular flexibility index (Phi) is 5.87. The fourth-order valence-electron chi connectivity index (χ4n) is 2.67. The van der Waals surface area contributed by atoms with Crippen molar-refractivity contribution in [2.75, 3.05) is 24.6 Å². The summed E-state index contributed by atoms with van der Waals surface area (Å²) in [4.78, 5) is 14.2. The van der Waals surface area contributed by atoms with Crippen LogP contribution in [0.3, 0.4) is 0 Å². The van der Waals surface area contributed by atoms with E-state index in [0.29, 0.717) is 6.42 Å². The summed E-state index contributed by atoms with van der Waals surface area (Å²) in [6, 6.07) is 10.4. The zero-order valence-corrected chi connectivity index (χ0v) is 12.6. The SMILES string of the molecule is CC(CCCO)NC(=O)NC1CCN(c2ccccc2)C1. The molecular formula is C16H25N3O2. The highest BCUT2D eigenvalue weighted by Gasteiger charge is 2.24. The molecule has 0 bridgehead atoms. The van der Waals surface area contributed by atoms with Gasteiger partial charge in [0.1, 0.15) is 0 Å².